The molecule has 3 nitrogen and oxygen atoms in total. The first-order valence-corrected chi connectivity index (χ1v) is 5.29. The summed E-state index contributed by atoms with van der Waals surface area (Å²) in [6.07, 6.45) is 1.23. The monoisotopic (exact) mass is 186 g/mol. The van der Waals surface area contributed by atoms with E-state index in [1.54, 1.807) is 0 Å². The van der Waals surface area contributed by atoms with Crippen LogP contribution in [0.5, 0.6) is 0 Å². The first kappa shape index (κ1) is 11.0. The molecule has 1 saturated heterocycles. The smallest absolute Gasteiger partial charge is 0.0556 e. The first-order chi connectivity index (χ1) is 6.22. The molecule has 2 N–H and O–H groups in total. The third-order valence-electron chi connectivity index (χ3n) is 2.44. The van der Waals surface area contributed by atoms with Crippen LogP contribution in [0.4, 0.5) is 0 Å². The van der Waals surface area contributed by atoms with Crippen molar-refractivity contribution in [2.45, 2.75) is 26.3 Å². The Labute approximate surface area is 81.1 Å². The zero-order valence-electron chi connectivity index (χ0n) is 8.79. The number of nitrogens with one attached hydrogen (secondary N) is 1. The van der Waals surface area contributed by atoms with E-state index in [0.29, 0.717) is 6.04 Å². The molecule has 0 saturated carbocycles. The molecule has 13 heavy (non-hydrogen) atoms. The van der Waals surface area contributed by atoms with E-state index in [-0.39, 0.29) is 6.61 Å². The Morgan fingerprint density at radius 2 is 2.31 bits per heavy atom. The maximum absolute atomic E-state index is 8.66. The van der Waals surface area contributed by atoms with Crippen LogP contribution < -0.4 is 5.32 Å². The summed E-state index contributed by atoms with van der Waals surface area (Å²) in [7, 11) is 0. The average Bonchev–Trinajstić information content (AvgIpc) is 2.48. The van der Waals surface area contributed by atoms with Crippen LogP contribution in [0.25, 0.3) is 0 Å². The molecule has 1 aliphatic heterocycles. The molecule has 1 fully saturated rings. The van der Waals surface area contributed by atoms with Crippen LogP contribution in [0, 0.1) is 5.92 Å². The first-order valence-electron chi connectivity index (χ1n) is 5.29. The molecule has 0 aromatic heterocycles. The predicted octanol–water partition coefficient (Wildman–Crippen LogP) is 0.299. The summed E-state index contributed by atoms with van der Waals surface area (Å²) in [4.78, 5) is 2.50. The van der Waals surface area contributed by atoms with Crippen molar-refractivity contribution in [3.63, 3.8) is 0 Å². The highest BCUT2D eigenvalue weighted by atomic mass is 16.3. The number of likely N-dealkylation sites (tertiary alicyclic amines) is 1. The lowest BCUT2D eigenvalue weighted by Gasteiger charge is -2.18. The normalized spacial score (nSPS) is 24.5. The topological polar surface area (TPSA) is 35.5 Å². The molecular weight excluding hydrogens is 164 g/mol. The van der Waals surface area contributed by atoms with E-state index < -0.39 is 0 Å². The van der Waals surface area contributed by atoms with Gasteiger partial charge in [-0.2, -0.15) is 0 Å². The van der Waals surface area contributed by atoms with Crippen molar-refractivity contribution in [2.75, 3.05) is 32.8 Å². The summed E-state index contributed by atoms with van der Waals surface area (Å²) in [5.41, 5.74) is 0. The van der Waals surface area contributed by atoms with E-state index in [4.69, 9.17) is 5.11 Å². The minimum absolute atomic E-state index is 0.251. The zero-order valence-corrected chi connectivity index (χ0v) is 8.79. The Morgan fingerprint density at radius 3 is 2.92 bits per heavy atom. The van der Waals surface area contributed by atoms with Crippen molar-refractivity contribution >= 4 is 0 Å². The van der Waals surface area contributed by atoms with Gasteiger partial charge in [0.05, 0.1) is 6.61 Å². The van der Waals surface area contributed by atoms with Crippen LogP contribution in [0.1, 0.15) is 20.3 Å². The van der Waals surface area contributed by atoms with Crippen LogP contribution in [0.2, 0.25) is 0 Å². The molecule has 1 heterocycles. The van der Waals surface area contributed by atoms with Gasteiger partial charge >= 0.3 is 0 Å². The molecule has 1 aliphatic rings. The molecule has 0 amide bonds. The van der Waals surface area contributed by atoms with E-state index in [0.717, 1.165) is 19.0 Å². The Bertz CT molecular complexity index is 139. The van der Waals surface area contributed by atoms with Crippen molar-refractivity contribution in [3.05, 3.63) is 0 Å². The zero-order chi connectivity index (χ0) is 9.68. The molecule has 0 bridgehead atoms. The number of rotatable bonds is 5. The van der Waals surface area contributed by atoms with Crippen molar-refractivity contribution < 1.29 is 5.11 Å². The van der Waals surface area contributed by atoms with Crippen LogP contribution in [0.3, 0.4) is 0 Å². The van der Waals surface area contributed by atoms with Gasteiger partial charge in [-0.1, -0.05) is 13.8 Å². The van der Waals surface area contributed by atoms with Gasteiger partial charge in [0.2, 0.25) is 0 Å². The Hall–Kier alpha value is -0.120. The third-order valence-corrected chi connectivity index (χ3v) is 2.44. The van der Waals surface area contributed by atoms with Crippen LogP contribution in [0.15, 0.2) is 0 Å². The standard InChI is InChI=1S/C10H22N2O/c1-9(2)7-12-5-3-10(8-12)11-4-6-13/h9-11,13H,3-8H2,1-2H3. The Morgan fingerprint density at radius 1 is 1.54 bits per heavy atom. The van der Waals surface area contributed by atoms with Gasteiger partial charge in [-0.15, -0.1) is 0 Å². The molecule has 1 atom stereocenters. The van der Waals surface area contributed by atoms with Gasteiger partial charge in [-0.05, 0) is 18.9 Å². The van der Waals surface area contributed by atoms with Crippen molar-refractivity contribution in [2.24, 2.45) is 5.92 Å². The molecule has 0 spiro atoms. The van der Waals surface area contributed by atoms with Crippen LogP contribution >= 0.6 is 0 Å². The van der Waals surface area contributed by atoms with E-state index in [2.05, 4.69) is 24.1 Å². The summed E-state index contributed by atoms with van der Waals surface area (Å²) >= 11 is 0. The summed E-state index contributed by atoms with van der Waals surface area (Å²) in [6, 6.07) is 0.603. The quantitative estimate of drug-likeness (QED) is 0.648. The Kier molecular flexibility index (Phi) is 4.70. The van der Waals surface area contributed by atoms with Crippen molar-refractivity contribution in [1.29, 1.82) is 0 Å². The highest BCUT2D eigenvalue weighted by Crippen LogP contribution is 2.10. The van der Waals surface area contributed by atoms with E-state index in [1.807, 2.05) is 0 Å². The minimum atomic E-state index is 0.251. The van der Waals surface area contributed by atoms with Gasteiger partial charge in [0.25, 0.3) is 0 Å². The molecule has 0 aromatic carbocycles. The number of hydrogen-bond acceptors (Lipinski definition) is 3. The SMILES string of the molecule is CC(C)CN1CCC(NCCO)C1. The van der Waals surface area contributed by atoms with Gasteiger partial charge in [-0.25, -0.2) is 0 Å². The van der Waals surface area contributed by atoms with E-state index in [1.165, 1.54) is 19.5 Å². The summed E-state index contributed by atoms with van der Waals surface area (Å²) in [5.74, 6) is 0.761. The van der Waals surface area contributed by atoms with Gasteiger partial charge in [0.15, 0.2) is 0 Å². The predicted molar refractivity (Wildman–Crippen MR) is 54.8 cm³/mol. The second-order valence-corrected chi connectivity index (χ2v) is 4.32. The lowest BCUT2D eigenvalue weighted by atomic mass is 10.2. The van der Waals surface area contributed by atoms with Gasteiger partial charge < -0.3 is 15.3 Å². The third kappa shape index (κ3) is 4.07. The molecule has 1 rings (SSSR count). The fourth-order valence-electron chi connectivity index (χ4n) is 1.95. The summed E-state index contributed by atoms with van der Waals surface area (Å²) in [5, 5.41) is 12.0. The molecule has 0 aliphatic carbocycles. The van der Waals surface area contributed by atoms with Gasteiger partial charge in [-0.3, -0.25) is 0 Å². The lowest BCUT2D eigenvalue weighted by Crippen LogP contribution is -2.35. The molecule has 1 unspecified atom stereocenters. The van der Waals surface area contributed by atoms with E-state index in [9.17, 15) is 0 Å². The molecular formula is C10H22N2O. The minimum Gasteiger partial charge on any atom is -0.395 e. The second kappa shape index (κ2) is 5.58. The van der Waals surface area contributed by atoms with Crippen molar-refractivity contribution in [3.8, 4) is 0 Å². The maximum atomic E-state index is 8.66. The lowest BCUT2D eigenvalue weighted by molar-refractivity contribution is 0.271. The Balaban J connectivity index is 2.12. The average molecular weight is 186 g/mol. The largest absolute Gasteiger partial charge is 0.395 e. The molecule has 3 heteroatoms. The van der Waals surface area contributed by atoms with Crippen LogP contribution in [-0.4, -0.2) is 48.8 Å². The number of aliphatic hydroxyl groups is 1. The second-order valence-electron chi connectivity index (χ2n) is 4.32. The molecule has 78 valence electrons. The van der Waals surface area contributed by atoms with Crippen molar-refractivity contribution in [1.82, 2.24) is 10.2 Å². The van der Waals surface area contributed by atoms with Gasteiger partial charge in [0, 0.05) is 25.7 Å². The maximum Gasteiger partial charge on any atom is 0.0556 e. The van der Waals surface area contributed by atoms with Gasteiger partial charge in [0.1, 0.15) is 0 Å². The fourth-order valence-corrected chi connectivity index (χ4v) is 1.95. The number of nitrogens with zero attached hydrogens (tertiary/aromatic N) is 1. The number of aliphatic hydroxyl groups excluding tert-OH is 1. The van der Waals surface area contributed by atoms with Crippen LogP contribution in [-0.2, 0) is 0 Å². The number of hydrogen-bond donors (Lipinski definition) is 2. The highest BCUT2D eigenvalue weighted by molar-refractivity contribution is 4.80. The molecule has 0 aromatic rings. The summed E-state index contributed by atoms with van der Waals surface area (Å²) in [6.45, 7) is 9.07. The highest BCUT2D eigenvalue weighted by Gasteiger charge is 2.21. The fraction of sp³-hybridized carbons (Fsp3) is 1.00. The molecule has 0 radical (unpaired) electrons. The summed E-state index contributed by atoms with van der Waals surface area (Å²) < 4.78 is 0. The van der Waals surface area contributed by atoms with E-state index >= 15 is 0 Å².